The molecule has 1 atom stereocenters. The molecule has 0 fully saturated rings. The van der Waals surface area contributed by atoms with Gasteiger partial charge >= 0.3 is 0 Å². The molecule has 1 aromatic rings. The summed E-state index contributed by atoms with van der Waals surface area (Å²) in [5.74, 6) is 0.405. The van der Waals surface area contributed by atoms with Gasteiger partial charge < -0.3 is 5.11 Å². The average Bonchev–Trinajstić information content (AvgIpc) is 2.27. The summed E-state index contributed by atoms with van der Waals surface area (Å²) in [6.07, 6.45) is 1.05. The van der Waals surface area contributed by atoms with Gasteiger partial charge in [-0.2, -0.15) is 0 Å². The van der Waals surface area contributed by atoms with Gasteiger partial charge in [0.2, 0.25) is 0 Å². The maximum atomic E-state index is 10.7. The van der Waals surface area contributed by atoms with Crippen LogP contribution in [0.4, 0.5) is 0 Å². The first-order chi connectivity index (χ1) is 8.48. The number of aliphatic hydroxyl groups is 1. The Morgan fingerprint density at radius 2 is 1.68 bits per heavy atom. The molecular weight excluding hydrogens is 284 g/mol. The van der Waals surface area contributed by atoms with Crippen LogP contribution in [0.3, 0.4) is 0 Å². The van der Waals surface area contributed by atoms with Crippen LogP contribution in [0.2, 0.25) is 0 Å². The lowest BCUT2D eigenvalue weighted by Gasteiger charge is -2.23. The molecule has 1 N–H and O–H groups in total. The van der Waals surface area contributed by atoms with Crippen LogP contribution < -0.4 is 0 Å². The molecular formula is C14H23ClO3S. The summed E-state index contributed by atoms with van der Waals surface area (Å²) < 4.78 is 21.4. The van der Waals surface area contributed by atoms with E-state index in [0.29, 0.717) is 5.92 Å². The SMILES string of the molecule is CC[C@H](C)C(C)(C)O.Cc1ccc(S(=O)(=O)Cl)cc1. The van der Waals surface area contributed by atoms with Gasteiger partial charge in [0.15, 0.2) is 0 Å². The summed E-state index contributed by atoms with van der Waals surface area (Å²) in [6, 6.07) is 6.37. The van der Waals surface area contributed by atoms with Gasteiger partial charge in [-0.15, -0.1) is 0 Å². The summed E-state index contributed by atoms with van der Waals surface area (Å²) in [4.78, 5) is 0.143. The molecule has 0 saturated carbocycles. The van der Waals surface area contributed by atoms with E-state index in [2.05, 4.69) is 13.8 Å². The number of hydrogen-bond donors (Lipinski definition) is 1. The highest BCUT2D eigenvalue weighted by Crippen LogP contribution is 2.17. The number of hydrogen-bond acceptors (Lipinski definition) is 3. The van der Waals surface area contributed by atoms with Crippen molar-refractivity contribution >= 4 is 19.7 Å². The lowest BCUT2D eigenvalue weighted by molar-refractivity contribution is 0.0234. The predicted molar refractivity (Wildman–Crippen MR) is 80.0 cm³/mol. The molecule has 1 rings (SSSR count). The number of halogens is 1. The van der Waals surface area contributed by atoms with E-state index in [1.165, 1.54) is 12.1 Å². The van der Waals surface area contributed by atoms with Crippen molar-refractivity contribution in [1.82, 2.24) is 0 Å². The Hall–Kier alpha value is -0.580. The summed E-state index contributed by atoms with van der Waals surface area (Å²) >= 11 is 0. The fourth-order valence-corrected chi connectivity index (χ4v) is 1.97. The van der Waals surface area contributed by atoms with E-state index < -0.39 is 14.7 Å². The molecule has 0 aromatic heterocycles. The van der Waals surface area contributed by atoms with Gasteiger partial charge in [0, 0.05) is 10.7 Å². The van der Waals surface area contributed by atoms with Crippen LogP contribution in [0.1, 0.15) is 39.7 Å². The molecule has 0 aliphatic rings. The molecule has 0 radical (unpaired) electrons. The van der Waals surface area contributed by atoms with E-state index in [9.17, 15) is 13.5 Å². The fourth-order valence-electron chi connectivity index (χ4n) is 1.20. The monoisotopic (exact) mass is 306 g/mol. The summed E-state index contributed by atoms with van der Waals surface area (Å²) in [5, 5.41) is 9.29. The third-order valence-electron chi connectivity index (χ3n) is 3.12. The Kier molecular flexibility index (Phi) is 7.05. The Morgan fingerprint density at radius 3 is 1.89 bits per heavy atom. The second-order valence-corrected chi connectivity index (χ2v) is 7.78. The Labute approximate surface area is 121 Å². The quantitative estimate of drug-likeness (QED) is 0.866. The lowest BCUT2D eigenvalue weighted by atomic mass is 9.91. The number of benzene rings is 1. The van der Waals surface area contributed by atoms with Crippen molar-refractivity contribution in [3.8, 4) is 0 Å². The van der Waals surface area contributed by atoms with Crippen molar-refractivity contribution in [2.45, 2.75) is 51.5 Å². The molecule has 0 unspecified atom stereocenters. The van der Waals surface area contributed by atoms with Gasteiger partial charge in [0.25, 0.3) is 9.05 Å². The predicted octanol–water partition coefficient (Wildman–Crippen LogP) is 3.73. The van der Waals surface area contributed by atoms with Gasteiger partial charge in [-0.1, -0.05) is 38.0 Å². The van der Waals surface area contributed by atoms with Crippen molar-refractivity contribution in [3.05, 3.63) is 29.8 Å². The Morgan fingerprint density at radius 1 is 1.26 bits per heavy atom. The van der Waals surface area contributed by atoms with Crippen molar-refractivity contribution < 1.29 is 13.5 Å². The van der Waals surface area contributed by atoms with E-state index in [1.54, 1.807) is 12.1 Å². The molecule has 0 spiro atoms. The zero-order valence-corrected chi connectivity index (χ0v) is 13.7. The minimum Gasteiger partial charge on any atom is -0.390 e. The van der Waals surface area contributed by atoms with E-state index >= 15 is 0 Å². The highest BCUT2D eigenvalue weighted by atomic mass is 35.7. The molecule has 0 saturated heterocycles. The van der Waals surface area contributed by atoms with Crippen molar-refractivity contribution in [2.75, 3.05) is 0 Å². The lowest BCUT2D eigenvalue weighted by Crippen LogP contribution is -2.27. The van der Waals surface area contributed by atoms with Crippen molar-refractivity contribution in [2.24, 2.45) is 5.92 Å². The van der Waals surface area contributed by atoms with Gasteiger partial charge in [0.1, 0.15) is 0 Å². The molecule has 5 heteroatoms. The van der Waals surface area contributed by atoms with E-state index in [4.69, 9.17) is 10.7 Å². The van der Waals surface area contributed by atoms with Crippen LogP contribution >= 0.6 is 10.7 Å². The van der Waals surface area contributed by atoms with Crippen LogP contribution in [0.5, 0.6) is 0 Å². The molecule has 110 valence electrons. The molecule has 0 amide bonds. The van der Waals surface area contributed by atoms with Crippen LogP contribution in [-0.2, 0) is 9.05 Å². The second-order valence-electron chi connectivity index (χ2n) is 5.21. The second kappa shape index (κ2) is 7.27. The largest absolute Gasteiger partial charge is 0.390 e. The van der Waals surface area contributed by atoms with Crippen molar-refractivity contribution in [1.29, 1.82) is 0 Å². The molecule has 3 nitrogen and oxygen atoms in total. The summed E-state index contributed by atoms with van der Waals surface area (Å²) in [7, 11) is 1.54. The highest BCUT2D eigenvalue weighted by molar-refractivity contribution is 8.13. The first-order valence-corrected chi connectivity index (χ1v) is 8.53. The third-order valence-corrected chi connectivity index (χ3v) is 4.49. The molecule has 0 aliphatic carbocycles. The topological polar surface area (TPSA) is 54.4 Å². The average molecular weight is 307 g/mol. The fraction of sp³-hybridized carbons (Fsp3) is 0.571. The number of aryl methyl sites for hydroxylation is 1. The summed E-state index contributed by atoms with van der Waals surface area (Å²) in [6.45, 7) is 9.72. The summed E-state index contributed by atoms with van der Waals surface area (Å²) in [5.41, 5.74) is 0.517. The first kappa shape index (κ1) is 18.4. The molecule has 19 heavy (non-hydrogen) atoms. The van der Waals surface area contributed by atoms with Gasteiger partial charge in [-0.25, -0.2) is 8.42 Å². The van der Waals surface area contributed by atoms with E-state index in [1.807, 2.05) is 20.8 Å². The zero-order chi connectivity index (χ0) is 15.3. The Balaban J connectivity index is 0.000000362. The van der Waals surface area contributed by atoms with Crippen LogP contribution in [-0.4, -0.2) is 19.1 Å². The number of rotatable bonds is 3. The minimum atomic E-state index is -3.55. The maximum Gasteiger partial charge on any atom is 0.261 e. The van der Waals surface area contributed by atoms with Gasteiger partial charge in [0.05, 0.1) is 10.5 Å². The molecule has 1 aromatic carbocycles. The highest BCUT2D eigenvalue weighted by Gasteiger charge is 2.19. The molecule has 0 aliphatic heterocycles. The van der Waals surface area contributed by atoms with Crippen LogP contribution in [0, 0.1) is 12.8 Å². The maximum absolute atomic E-state index is 10.7. The smallest absolute Gasteiger partial charge is 0.261 e. The normalized spacial score (nSPS) is 13.4. The molecule has 0 bridgehead atoms. The van der Waals surface area contributed by atoms with Crippen LogP contribution in [0.15, 0.2) is 29.2 Å². The molecule has 0 heterocycles. The third kappa shape index (κ3) is 7.55. The standard InChI is InChI=1S/C7H7ClO2S.C7H16O/c1-6-2-4-7(5-3-6)11(8,9)10;1-5-6(2)7(3,4)8/h2-5H,1H3;6,8H,5H2,1-4H3/t;6-/m.0/s1. The zero-order valence-electron chi connectivity index (χ0n) is 12.1. The van der Waals surface area contributed by atoms with E-state index in [-0.39, 0.29) is 4.90 Å². The minimum absolute atomic E-state index is 0.143. The Bertz CT molecular complexity index is 472. The van der Waals surface area contributed by atoms with Gasteiger partial charge in [-0.3, -0.25) is 0 Å². The van der Waals surface area contributed by atoms with E-state index in [0.717, 1.165) is 12.0 Å². The van der Waals surface area contributed by atoms with Gasteiger partial charge in [-0.05, 0) is 38.8 Å². The van der Waals surface area contributed by atoms with Crippen LogP contribution in [0.25, 0.3) is 0 Å². The van der Waals surface area contributed by atoms with Crippen molar-refractivity contribution in [3.63, 3.8) is 0 Å². The first-order valence-electron chi connectivity index (χ1n) is 6.22.